The summed E-state index contributed by atoms with van der Waals surface area (Å²) in [5.41, 5.74) is 1.59. The van der Waals surface area contributed by atoms with Gasteiger partial charge in [-0.3, -0.25) is 14.6 Å². The Kier molecular flexibility index (Phi) is 6.22. The fourth-order valence-electron chi connectivity index (χ4n) is 3.23. The predicted molar refractivity (Wildman–Crippen MR) is 102 cm³/mol. The van der Waals surface area contributed by atoms with Gasteiger partial charge in [-0.05, 0) is 30.5 Å². The second-order valence-electron chi connectivity index (χ2n) is 6.61. The van der Waals surface area contributed by atoms with Crippen LogP contribution in [0.3, 0.4) is 0 Å². The SMILES string of the molecule is C#C[C@@H](Cc1ccccc1)OC(=O)[C@@H]1CCCN(C(=O)c2ccncc2)C1. The Bertz CT molecular complexity index is 814. The lowest BCUT2D eigenvalue weighted by Gasteiger charge is -2.32. The van der Waals surface area contributed by atoms with Gasteiger partial charge >= 0.3 is 5.97 Å². The molecule has 1 aromatic heterocycles. The van der Waals surface area contributed by atoms with Crippen LogP contribution in [0.1, 0.15) is 28.8 Å². The largest absolute Gasteiger partial charge is 0.449 e. The normalized spacial score (nSPS) is 17.6. The topological polar surface area (TPSA) is 59.5 Å². The molecule has 1 aliphatic rings. The summed E-state index contributed by atoms with van der Waals surface area (Å²) < 4.78 is 5.55. The van der Waals surface area contributed by atoms with Crippen LogP contribution in [-0.2, 0) is 16.0 Å². The second kappa shape index (κ2) is 9.00. The lowest BCUT2D eigenvalue weighted by atomic mass is 9.97. The first-order chi connectivity index (χ1) is 13.2. The van der Waals surface area contributed by atoms with Gasteiger partial charge in [0, 0.05) is 37.5 Å². The maximum atomic E-state index is 12.6. The van der Waals surface area contributed by atoms with Gasteiger partial charge in [0.2, 0.25) is 0 Å². The second-order valence-corrected chi connectivity index (χ2v) is 6.61. The first-order valence-corrected chi connectivity index (χ1v) is 9.07. The van der Waals surface area contributed by atoms with Crippen LogP contribution in [0.2, 0.25) is 0 Å². The van der Waals surface area contributed by atoms with Crippen molar-refractivity contribution in [3.05, 3.63) is 66.0 Å². The highest BCUT2D eigenvalue weighted by molar-refractivity contribution is 5.94. The Labute approximate surface area is 159 Å². The molecule has 0 bridgehead atoms. The number of amides is 1. The van der Waals surface area contributed by atoms with Crippen molar-refractivity contribution in [2.45, 2.75) is 25.4 Å². The van der Waals surface area contributed by atoms with Gasteiger partial charge in [-0.2, -0.15) is 0 Å². The first-order valence-electron chi connectivity index (χ1n) is 9.07. The molecule has 0 aliphatic carbocycles. The van der Waals surface area contributed by atoms with Crippen molar-refractivity contribution < 1.29 is 14.3 Å². The maximum Gasteiger partial charge on any atom is 0.311 e. The molecule has 0 radical (unpaired) electrons. The Hall–Kier alpha value is -3.13. The summed E-state index contributed by atoms with van der Waals surface area (Å²) in [5.74, 6) is 1.78. The third-order valence-corrected chi connectivity index (χ3v) is 4.68. The van der Waals surface area contributed by atoms with Crippen molar-refractivity contribution in [3.8, 4) is 12.3 Å². The van der Waals surface area contributed by atoms with Crippen LogP contribution in [0.5, 0.6) is 0 Å². The summed E-state index contributed by atoms with van der Waals surface area (Å²) in [6.45, 7) is 0.982. The summed E-state index contributed by atoms with van der Waals surface area (Å²) >= 11 is 0. The molecule has 2 aromatic rings. The molecule has 138 valence electrons. The Morgan fingerprint density at radius 2 is 1.96 bits per heavy atom. The number of nitrogens with zero attached hydrogens (tertiary/aromatic N) is 2. The van der Waals surface area contributed by atoms with Crippen molar-refractivity contribution >= 4 is 11.9 Å². The quantitative estimate of drug-likeness (QED) is 0.606. The molecule has 1 aliphatic heterocycles. The Morgan fingerprint density at radius 1 is 1.22 bits per heavy atom. The highest BCUT2D eigenvalue weighted by atomic mass is 16.5. The van der Waals surface area contributed by atoms with Gasteiger partial charge in [-0.15, -0.1) is 6.42 Å². The van der Waals surface area contributed by atoms with Crippen molar-refractivity contribution in [2.75, 3.05) is 13.1 Å². The van der Waals surface area contributed by atoms with Crippen LogP contribution in [0, 0.1) is 18.3 Å². The number of piperidine rings is 1. The number of ether oxygens (including phenoxy) is 1. The van der Waals surface area contributed by atoms with Gasteiger partial charge < -0.3 is 9.64 Å². The molecule has 3 rings (SSSR count). The van der Waals surface area contributed by atoms with Crippen LogP contribution in [0.15, 0.2) is 54.9 Å². The molecule has 0 unspecified atom stereocenters. The fraction of sp³-hybridized carbons (Fsp3) is 0.318. The standard InChI is InChI=1S/C22H22N2O3/c1-2-20(15-17-7-4-3-5-8-17)27-22(26)19-9-6-14-24(16-19)21(25)18-10-12-23-13-11-18/h1,3-5,7-8,10-13,19-20H,6,9,14-16H2/t19-,20+/m1/s1. The number of rotatable bonds is 5. The molecule has 1 fully saturated rings. The van der Waals surface area contributed by atoms with Gasteiger partial charge in [-0.1, -0.05) is 36.3 Å². The van der Waals surface area contributed by atoms with Gasteiger partial charge in [0.25, 0.3) is 5.91 Å². The summed E-state index contributed by atoms with van der Waals surface area (Å²) in [4.78, 5) is 30.8. The number of hydrogen-bond donors (Lipinski definition) is 0. The molecule has 2 heterocycles. The van der Waals surface area contributed by atoms with E-state index < -0.39 is 6.10 Å². The van der Waals surface area contributed by atoms with E-state index in [4.69, 9.17) is 11.2 Å². The zero-order chi connectivity index (χ0) is 19.1. The number of carbonyl (C=O) groups is 2. The predicted octanol–water partition coefficient (Wildman–Crippen LogP) is 2.72. The summed E-state index contributed by atoms with van der Waals surface area (Å²) in [7, 11) is 0. The van der Waals surface area contributed by atoms with E-state index in [1.54, 1.807) is 29.4 Å². The summed E-state index contributed by atoms with van der Waals surface area (Å²) in [6, 6.07) is 13.0. The van der Waals surface area contributed by atoms with Crippen molar-refractivity contribution in [1.82, 2.24) is 9.88 Å². The van der Waals surface area contributed by atoms with Crippen LogP contribution in [-0.4, -0.2) is 41.0 Å². The molecular formula is C22H22N2O3. The molecule has 27 heavy (non-hydrogen) atoms. The molecule has 0 N–H and O–H groups in total. The highest BCUT2D eigenvalue weighted by Gasteiger charge is 2.31. The smallest absolute Gasteiger partial charge is 0.311 e. The van der Waals surface area contributed by atoms with Gasteiger partial charge in [0.1, 0.15) is 0 Å². The number of terminal acetylenes is 1. The highest BCUT2D eigenvalue weighted by Crippen LogP contribution is 2.21. The van der Waals surface area contributed by atoms with E-state index in [0.717, 1.165) is 12.0 Å². The van der Waals surface area contributed by atoms with Gasteiger partial charge in [0.15, 0.2) is 6.10 Å². The molecule has 5 nitrogen and oxygen atoms in total. The van der Waals surface area contributed by atoms with Gasteiger partial charge in [-0.25, -0.2) is 0 Å². The van der Waals surface area contributed by atoms with Crippen LogP contribution < -0.4 is 0 Å². The third-order valence-electron chi connectivity index (χ3n) is 4.68. The number of carbonyl (C=O) groups excluding carboxylic acids is 2. The van der Waals surface area contributed by atoms with Crippen LogP contribution in [0.4, 0.5) is 0 Å². The van der Waals surface area contributed by atoms with E-state index in [2.05, 4.69) is 10.9 Å². The van der Waals surface area contributed by atoms with E-state index >= 15 is 0 Å². The molecule has 2 atom stereocenters. The number of benzene rings is 1. The molecule has 1 amide bonds. The Balaban J connectivity index is 1.59. The minimum absolute atomic E-state index is 0.0901. The molecule has 5 heteroatoms. The van der Waals surface area contributed by atoms with E-state index in [0.29, 0.717) is 31.5 Å². The monoisotopic (exact) mass is 362 g/mol. The molecule has 1 aromatic carbocycles. The van der Waals surface area contributed by atoms with E-state index in [1.807, 2.05) is 30.3 Å². The molecular weight excluding hydrogens is 340 g/mol. The zero-order valence-electron chi connectivity index (χ0n) is 15.1. The minimum Gasteiger partial charge on any atom is -0.449 e. The first kappa shape index (κ1) is 18.7. The maximum absolute atomic E-state index is 12.6. The summed E-state index contributed by atoms with van der Waals surface area (Å²) in [5, 5.41) is 0. The lowest BCUT2D eigenvalue weighted by molar-refractivity contribution is -0.152. The van der Waals surface area contributed by atoms with Crippen LogP contribution >= 0.6 is 0 Å². The lowest BCUT2D eigenvalue weighted by Crippen LogP contribution is -2.43. The zero-order valence-corrected chi connectivity index (χ0v) is 15.1. The average Bonchev–Trinajstić information content (AvgIpc) is 2.74. The minimum atomic E-state index is -0.605. The molecule has 0 spiro atoms. The van der Waals surface area contributed by atoms with E-state index in [-0.39, 0.29) is 17.8 Å². The number of pyridine rings is 1. The third kappa shape index (κ3) is 4.95. The summed E-state index contributed by atoms with van der Waals surface area (Å²) in [6.07, 6.45) is 10.1. The van der Waals surface area contributed by atoms with E-state index in [1.165, 1.54) is 0 Å². The number of likely N-dealkylation sites (tertiary alicyclic amines) is 1. The van der Waals surface area contributed by atoms with Crippen LogP contribution in [0.25, 0.3) is 0 Å². The number of aromatic nitrogens is 1. The van der Waals surface area contributed by atoms with Crippen molar-refractivity contribution in [1.29, 1.82) is 0 Å². The van der Waals surface area contributed by atoms with Gasteiger partial charge in [0.05, 0.1) is 5.92 Å². The molecule has 0 saturated carbocycles. The fourth-order valence-corrected chi connectivity index (χ4v) is 3.23. The number of esters is 1. The average molecular weight is 362 g/mol. The van der Waals surface area contributed by atoms with Crippen molar-refractivity contribution in [2.24, 2.45) is 5.92 Å². The molecule has 1 saturated heterocycles. The number of hydrogen-bond acceptors (Lipinski definition) is 4. The van der Waals surface area contributed by atoms with E-state index in [9.17, 15) is 9.59 Å². The Morgan fingerprint density at radius 3 is 2.67 bits per heavy atom. The van der Waals surface area contributed by atoms with Crippen molar-refractivity contribution in [3.63, 3.8) is 0 Å².